The Morgan fingerprint density at radius 3 is 2.50 bits per heavy atom. The zero-order valence-corrected chi connectivity index (χ0v) is 10.3. The zero-order valence-electron chi connectivity index (χ0n) is 10.3. The summed E-state index contributed by atoms with van der Waals surface area (Å²) < 4.78 is 5.46. The highest BCUT2D eigenvalue weighted by Gasteiger charge is 2.33. The van der Waals surface area contributed by atoms with Gasteiger partial charge in [0.05, 0.1) is 7.11 Å². The number of rotatable bonds is 2. The van der Waals surface area contributed by atoms with Gasteiger partial charge in [0.1, 0.15) is 5.75 Å². The van der Waals surface area contributed by atoms with Crippen LogP contribution in [0.4, 0.5) is 0 Å². The lowest BCUT2D eigenvalue weighted by Crippen LogP contribution is -2.39. The molecule has 88 valence electrons. The molecule has 2 nitrogen and oxygen atoms in total. The molecular formula is C14H21NO. The molecular weight excluding hydrogens is 198 g/mol. The molecule has 2 heteroatoms. The van der Waals surface area contributed by atoms with E-state index in [0.29, 0.717) is 0 Å². The minimum atomic E-state index is -0.172. The average molecular weight is 219 g/mol. The molecule has 0 saturated heterocycles. The second-order valence-electron chi connectivity index (χ2n) is 4.87. The minimum Gasteiger partial charge on any atom is -0.496 e. The van der Waals surface area contributed by atoms with E-state index < -0.39 is 0 Å². The highest BCUT2D eigenvalue weighted by Crippen LogP contribution is 2.40. The van der Waals surface area contributed by atoms with Crippen LogP contribution in [0, 0.1) is 6.92 Å². The summed E-state index contributed by atoms with van der Waals surface area (Å²) in [6.07, 6.45) is 5.93. The molecule has 0 atom stereocenters. The van der Waals surface area contributed by atoms with Crippen LogP contribution in [-0.2, 0) is 5.54 Å². The molecule has 1 aromatic carbocycles. The monoisotopic (exact) mass is 219 g/mol. The molecule has 0 aromatic heterocycles. The minimum absolute atomic E-state index is 0.172. The molecule has 1 fully saturated rings. The van der Waals surface area contributed by atoms with Crippen molar-refractivity contribution in [1.82, 2.24) is 0 Å². The van der Waals surface area contributed by atoms with Gasteiger partial charge in [-0.05, 0) is 31.4 Å². The van der Waals surface area contributed by atoms with E-state index in [4.69, 9.17) is 10.5 Å². The van der Waals surface area contributed by atoms with Gasteiger partial charge in [0.25, 0.3) is 0 Å². The van der Waals surface area contributed by atoms with Gasteiger partial charge in [0.2, 0.25) is 0 Å². The largest absolute Gasteiger partial charge is 0.496 e. The Morgan fingerprint density at radius 1 is 1.19 bits per heavy atom. The molecule has 2 N–H and O–H groups in total. The van der Waals surface area contributed by atoms with Gasteiger partial charge in [-0.3, -0.25) is 0 Å². The van der Waals surface area contributed by atoms with Crippen LogP contribution in [0.5, 0.6) is 5.75 Å². The molecule has 1 saturated carbocycles. The van der Waals surface area contributed by atoms with Crippen molar-refractivity contribution in [2.24, 2.45) is 5.73 Å². The fourth-order valence-corrected chi connectivity index (χ4v) is 2.88. The van der Waals surface area contributed by atoms with Crippen molar-refractivity contribution in [1.29, 1.82) is 0 Å². The van der Waals surface area contributed by atoms with Gasteiger partial charge in [0, 0.05) is 11.1 Å². The fourth-order valence-electron chi connectivity index (χ4n) is 2.88. The molecule has 1 aliphatic rings. The standard InChI is InChI=1S/C14H21NO/c1-11-7-6-8-12(16-2)13(11)14(15)9-4-3-5-10-14/h6-8H,3-5,9-10,15H2,1-2H3. The smallest absolute Gasteiger partial charge is 0.124 e. The molecule has 2 rings (SSSR count). The fraction of sp³-hybridized carbons (Fsp3) is 0.571. The van der Waals surface area contributed by atoms with E-state index in [9.17, 15) is 0 Å². The van der Waals surface area contributed by atoms with Crippen molar-refractivity contribution >= 4 is 0 Å². The lowest BCUT2D eigenvalue weighted by Gasteiger charge is -2.36. The summed E-state index contributed by atoms with van der Waals surface area (Å²) in [6, 6.07) is 6.18. The van der Waals surface area contributed by atoms with E-state index in [-0.39, 0.29) is 5.54 Å². The van der Waals surface area contributed by atoms with E-state index in [2.05, 4.69) is 13.0 Å². The molecule has 0 heterocycles. The molecule has 0 aliphatic heterocycles. The molecule has 0 radical (unpaired) electrons. The average Bonchev–Trinajstić information content (AvgIpc) is 2.29. The first-order chi connectivity index (χ1) is 7.67. The second-order valence-corrected chi connectivity index (χ2v) is 4.87. The summed E-state index contributed by atoms with van der Waals surface area (Å²) >= 11 is 0. The van der Waals surface area contributed by atoms with Crippen LogP contribution in [0.3, 0.4) is 0 Å². The van der Waals surface area contributed by atoms with Crippen molar-refractivity contribution in [3.05, 3.63) is 29.3 Å². The second kappa shape index (κ2) is 4.46. The molecule has 1 aromatic rings. The third kappa shape index (κ3) is 1.94. The topological polar surface area (TPSA) is 35.2 Å². The summed E-state index contributed by atoms with van der Waals surface area (Å²) in [5.41, 5.74) is 8.88. The highest BCUT2D eigenvalue weighted by atomic mass is 16.5. The van der Waals surface area contributed by atoms with E-state index >= 15 is 0 Å². The molecule has 0 unspecified atom stereocenters. The molecule has 16 heavy (non-hydrogen) atoms. The predicted octanol–water partition coefficient (Wildman–Crippen LogP) is 3.12. The van der Waals surface area contributed by atoms with Crippen LogP contribution < -0.4 is 10.5 Å². The molecule has 0 bridgehead atoms. The Kier molecular flexibility index (Phi) is 3.20. The predicted molar refractivity (Wildman–Crippen MR) is 66.7 cm³/mol. The Hall–Kier alpha value is -1.02. The van der Waals surface area contributed by atoms with Crippen molar-refractivity contribution < 1.29 is 4.74 Å². The van der Waals surface area contributed by atoms with Crippen molar-refractivity contribution in [2.45, 2.75) is 44.6 Å². The SMILES string of the molecule is COc1cccc(C)c1C1(N)CCCCC1. The van der Waals surface area contributed by atoms with Gasteiger partial charge >= 0.3 is 0 Å². The number of ether oxygens (including phenoxy) is 1. The van der Waals surface area contributed by atoms with Gasteiger partial charge in [-0.2, -0.15) is 0 Å². The van der Waals surface area contributed by atoms with Gasteiger partial charge in [-0.25, -0.2) is 0 Å². The van der Waals surface area contributed by atoms with E-state index in [0.717, 1.165) is 18.6 Å². The Balaban J connectivity index is 2.44. The van der Waals surface area contributed by atoms with Crippen molar-refractivity contribution in [3.63, 3.8) is 0 Å². The summed E-state index contributed by atoms with van der Waals surface area (Å²) in [4.78, 5) is 0. The highest BCUT2D eigenvalue weighted by molar-refractivity contribution is 5.44. The first-order valence-electron chi connectivity index (χ1n) is 6.10. The van der Waals surface area contributed by atoms with Crippen molar-refractivity contribution in [2.75, 3.05) is 7.11 Å². The normalized spacial score (nSPS) is 19.4. The zero-order chi connectivity index (χ0) is 11.6. The Morgan fingerprint density at radius 2 is 1.88 bits per heavy atom. The first kappa shape index (κ1) is 11.5. The third-order valence-electron chi connectivity index (χ3n) is 3.70. The van der Waals surface area contributed by atoms with E-state index in [1.807, 2.05) is 12.1 Å². The summed E-state index contributed by atoms with van der Waals surface area (Å²) in [5, 5.41) is 0. The molecule has 1 aliphatic carbocycles. The van der Waals surface area contributed by atoms with Crippen LogP contribution in [0.25, 0.3) is 0 Å². The van der Waals surface area contributed by atoms with Gasteiger partial charge in [-0.1, -0.05) is 31.4 Å². The van der Waals surface area contributed by atoms with Gasteiger partial charge in [-0.15, -0.1) is 0 Å². The van der Waals surface area contributed by atoms with Gasteiger partial charge < -0.3 is 10.5 Å². The molecule has 0 spiro atoms. The quantitative estimate of drug-likeness (QED) is 0.829. The maximum atomic E-state index is 6.58. The van der Waals surface area contributed by atoms with Crippen molar-refractivity contribution in [3.8, 4) is 5.75 Å². The van der Waals surface area contributed by atoms with Crippen LogP contribution in [0.2, 0.25) is 0 Å². The maximum absolute atomic E-state index is 6.58. The number of aryl methyl sites for hydroxylation is 1. The number of hydrogen-bond acceptors (Lipinski definition) is 2. The number of methoxy groups -OCH3 is 1. The summed E-state index contributed by atoms with van der Waals surface area (Å²) in [6.45, 7) is 2.13. The van der Waals surface area contributed by atoms with Crippen LogP contribution in [-0.4, -0.2) is 7.11 Å². The number of hydrogen-bond donors (Lipinski definition) is 1. The van der Waals surface area contributed by atoms with Crippen LogP contribution >= 0.6 is 0 Å². The lowest BCUT2D eigenvalue weighted by molar-refractivity contribution is 0.287. The Bertz CT molecular complexity index is 367. The Labute approximate surface area is 97.8 Å². The number of nitrogens with two attached hydrogens (primary N) is 1. The lowest BCUT2D eigenvalue weighted by atomic mass is 9.75. The van der Waals surface area contributed by atoms with E-state index in [1.165, 1.54) is 30.4 Å². The summed E-state index contributed by atoms with van der Waals surface area (Å²) in [5.74, 6) is 0.949. The number of benzene rings is 1. The van der Waals surface area contributed by atoms with E-state index in [1.54, 1.807) is 7.11 Å². The third-order valence-corrected chi connectivity index (χ3v) is 3.70. The van der Waals surface area contributed by atoms with Gasteiger partial charge in [0.15, 0.2) is 0 Å². The van der Waals surface area contributed by atoms with Crippen LogP contribution in [0.1, 0.15) is 43.2 Å². The summed E-state index contributed by atoms with van der Waals surface area (Å²) in [7, 11) is 1.73. The molecule has 0 amide bonds. The van der Waals surface area contributed by atoms with Crippen LogP contribution in [0.15, 0.2) is 18.2 Å². The first-order valence-corrected chi connectivity index (χ1v) is 6.10. The maximum Gasteiger partial charge on any atom is 0.124 e.